The Hall–Kier alpha value is -4.25. The second-order valence-corrected chi connectivity index (χ2v) is 7.82. The molecule has 2 aromatic carbocycles. The van der Waals surface area contributed by atoms with Crippen molar-refractivity contribution in [3.05, 3.63) is 80.1 Å². The molecule has 1 atom stereocenters. The lowest BCUT2D eigenvalue weighted by molar-refractivity contribution is -0.386. The number of hydrogen-bond acceptors (Lipinski definition) is 8. The van der Waals surface area contributed by atoms with Crippen LogP contribution in [-0.2, 0) is 4.79 Å². The zero-order valence-corrected chi connectivity index (χ0v) is 20.1. The smallest absolute Gasteiger partial charge is 0.345 e. The third-order valence-electron chi connectivity index (χ3n) is 5.09. The lowest BCUT2D eigenvalue weighted by Crippen LogP contribution is -2.28. The number of benzene rings is 2. The lowest BCUT2D eigenvalue weighted by atomic mass is 10.2. The molecule has 182 valence electrons. The Balaban J connectivity index is 1.69. The minimum absolute atomic E-state index is 0.129. The van der Waals surface area contributed by atoms with Crippen molar-refractivity contribution in [1.82, 2.24) is 15.2 Å². The average Bonchev–Trinajstić information content (AvgIpc) is 3.13. The summed E-state index contributed by atoms with van der Waals surface area (Å²) in [5.41, 5.74) is 3.51. The van der Waals surface area contributed by atoms with Gasteiger partial charge in [-0.05, 0) is 56.7 Å². The number of carbonyl (C=O) groups is 2. The number of amides is 1. The fraction of sp³-hybridized carbons (Fsp3) is 0.217. The van der Waals surface area contributed by atoms with Gasteiger partial charge >= 0.3 is 11.7 Å². The largest absolute Gasteiger partial charge is 0.493 e. The number of aromatic nitrogens is 2. The summed E-state index contributed by atoms with van der Waals surface area (Å²) >= 11 is 6.04. The molecule has 3 aromatic rings. The van der Waals surface area contributed by atoms with E-state index in [1.54, 1.807) is 43.3 Å². The summed E-state index contributed by atoms with van der Waals surface area (Å²) in [6, 6.07) is 10.4. The number of nitro groups is 1. The third-order valence-corrected chi connectivity index (χ3v) is 5.42. The van der Waals surface area contributed by atoms with Crippen molar-refractivity contribution in [3.63, 3.8) is 0 Å². The second kappa shape index (κ2) is 10.8. The van der Waals surface area contributed by atoms with Gasteiger partial charge in [0.2, 0.25) is 0 Å². The molecule has 0 aliphatic rings. The van der Waals surface area contributed by atoms with Crippen molar-refractivity contribution in [3.8, 4) is 11.5 Å². The first-order chi connectivity index (χ1) is 16.6. The Morgan fingerprint density at radius 3 is 2.57 bits per heavy atom. The molecular formula is C23H22ClN5O6. The first-order valence-electron chi connectivity index (χ1n) is 10.3. The molecule has 1 aromatic heterocycles. The van der Waals surface area contributed by atoms with Gasteiger partial charge in [0.15, 0.2) is 11.5 Å². The molecule has 1 heterocycles. The predicted octanol–water partition coefficient (Wildman–Crippen LogP) is 4.00. The Morgan fingerprint density at radius 2 is 1.94 bits per heavy atom. The van der Waals surface area contributed by atoms with E-state index in [4.69, 9.17) is 21.1 Å². The van der Waals surface area contributed by atoms with Gasteiger partial charge in [-0.15, -0.1) is 0 Å². The lowest BCUT2D eigenvalue weighted by Gasteiger charge is -2.12. The fourth-order valence-corrected chi connectivity index (χ4v) is 3.51. The standard InChI is InChI=1S/C23H22ClN5O6/c1-13-21(29(32)33)14(2)28(27-13)15(3)22(30)26-25-12-16-9-10-19(20(11-16)34-4)35-23(31)17-7-5-6-8-18(17)24/h5-12,15H,1-4H3,(H,26,30)/b25-12+. The van der Waals surface area contributed by atoms with Gasteiger partial charge < -0.3 is 9.47 Å². The van der Waals surface area contributed by atoms with E-state index in [2.05, 4.69) is 15.6 Å². The zero-order chi connectivity index (χ0) is 25.7. The minimum atomic E-state index is -0.833. The van der Waals surface area contributed by atoms with Crippen LogP contribution in [0.2, 0.25) is 5.02 Å². The second-order valence-electron chi connectivity index (χ2n) is 7.41. The number of halogens is 1. The van der Waals surface area contributed by atoms with E-state index >= 15 is 0 Å². The van der Waals surface area contributed by atoms with Gasteiger partial charge in [-0.1, -0.05) is 23.7 Å². The Kier molecular flexibility index (Phi) is 7.82. The van der Waals surface area contributed by atoms with E-state index in [0.717, 1.165) is 0 Å². The number of esters is 1. The number of aryl methyl sites for hydroxylation is 1. The van der Waals surface area contributed by atoms with Crippen LogP contribution in [-0.4, -0.2) is 39.9 Å². The molecule has 0 fully saturated rings. The molecule has 0 spiro atoms. The number of nitrogens with zero attached hydrogens (tertiary/aromatic N) is 4. The van der Waals surface area contributed by atoms with Gasteiger partial charge in [0.05, 0.1) is 28.8 Å². The molecule has 0 aliphatic carbocycles. The molecule has 0 saturated carbocycles. The zero-order valence-electron chi connectivity index (χ0n) is 19.3. The maximum absolute atomic E-state index is 12.5. The molecule has 11 nitrogen and oxygen atoms in total. The molecule has 0 radical (unpaired) electrons. The van der Waals surface area contributed by atoms with Gasteiger partial charge in [-0.25, -0.2) is 10.2 Å². The van der Waals surface area contributed by atoms with Crippen molar-refractivity contribution in [2.75, 3.05) is 7.11 Å². The van der Waals surface area contributed by atoms with Crippen LogP contribution in [0.5, 0.6) is 11.5 Å². The van der Waals surface area contributed by atoms with Crippen molar-refractivity contribution in [2.24, 2.45) is 5.10 Å². The van der Waals surface area contributed by atoms with Crippen LogP contribution in [0.25, 0.3) is 0 Å². The predicted molar refractivity (Wildman–Crippen MR) is 128 cm³/mol. The van der Waals surface area contributed by atoms with Gasteiger partial charge in [-0.3, -0.25) is 19.6 Å². The highest BCUT2D eigenvalue weighted by atomic mass is 35.5. The van der Waals surface area contributed by atoms with E-state index in [9.17, 15) is 19.7 Å². The SMILES string of the molecule is COc1cc(/C=N/NC(=O)C(C)n2nc(C)c([N+](=O)[O-])c2C)ccc1OC(=O)c1ccccc1Cl. The van der Waals surface area contributed by atoms with E-state index in [0.29, 0.717) is 5.56 Å². The summed E-state index contributed by atoms with van der Waals surface area (Å²) in [5.74, 6) is -0.706. The molecular weight excluding hydrogens is 478 g/mol. The van der Waals surface area contributed by atoms with Gasteiger partial charge in [0.25, 0.3) is 5.91 Å². The summed E-state index contributed by atoms with van der Waals surface area (Å²) in [6.45, 7) is 4.59. The molecule has 1 N–H and O–H groups in total. The number of carbonyl (C=O) groups excluding carboxylic acids is 2. The van der Waals surface area contributed by atoms with Crippen molar-refractivity contribution in [2.45, 2.75) is 26.8 Å². The molecule has 0 aliphatic heterocycles. The van der Waals surface area contributed by atoms with Crippen LogP contribution >= 0.6 is 11.6 Å². The van der Waals surface area contributed by atoms with Crippen molar-refractivity contribution in [1.29, 1.82) is 0 Å². The number of nitrogens with one attached hydrogen (secondary N) is 1. The summed E-state index contributed by atoms with van der Waals surface area (Å²) in [7, 11) is 1.42. The quantitative estimate of drug-likeness (QED) is 0.162. The van der Waals surface area contributed by atoms with Gasteiger partial charge in [0.1, 0.15) is 17.4 Å². The highest BCUT2D eigenvalue weighted by molar-refractivity contribution is 6.33. The molecule has 0 bridgehead atoms. The van der Waals surface area contributed by atoms with E-state index in [-0.39, 0.29) is 39.2 Å². The number of methoxy groups -OCH3 is 1. The molecule has 12 heteroatoms. The maximum Gasteiger partial charge on any atom is 0.345 e. The van der Waals surface area contributed by atoms with Crippen LogP contribution in [0.4, 0.5) is 5.69 Å². The number of ether oxygens (including phenoxy) is 2. The Bertz CT molecular complexity index is 1320. The van der Waals surface area contributed by atoms with Crippen LogP contribution in [0, 0.1) is 24.0 Å². The molecule has 0 saturated heterocycles. The fourth-order valence-electron chi connectivity index (χ4n) is 3.30. The monoisotopic (exact) mass is 499 g/mol. The summed E-state index contributed by atoms with van der Waals surface area (Å²) in [4.78, 5) is 35.6. The highest BCUT2D eigenvalue weighted by Crippen LogP contribution is 2.29. The first kappa shape index (κ1) is 25.4. The number of hydrogen-bond donors (Lipinski definition) is 1. The van der Waals surface area contributed by atoms with Gasteiger partial charge in [0, 0.05) is 0 Å². The van der Waals surface area contributed by atoms with E-state index in [1.165, 1.54) is 37.9 Å². The highest BCUT2D eigenvalue weighted by Gasteiger charge is 2.27. The van der Waals surface area contributed by atoms with Crippen LogP contribution in [0.1, 0.15) is 40.3 Å². The van der Waals surface area contributed by atoms with Gasteiger partial charge in [-0.2, -0.15) is 10.2 Å². The van der Waals surface area contributed by atoms with E-state index < -0.39 is 22.8 Å². The molecule has 3 rings (SSSR count). The average molecular weight is 500 g/mol. The van der Waals surface area contributed by atoms with Crippen molar-refractivity contribution < 1.29 is 24.0 Å². The minimum Gasteiger partial charge on any atom is -0.493 e. The Morgan fingerprint density at radius 1 is 1.23 bits per heavy atom. The number of rotatable bonds is 8. The summed E-state index contributed by atoms with van der Waals surface area (Å²) in [6.07, 6.45) is 1.37. The third kappa shape index (κ3) is 5.64. The van der Waals surface area contributed by atoms with Crippen LogP contribution in [0.15, 0.2) is 47.6 Å². The topological polar surface area (TPSA) is 138 Å². The normalized spacial score (nSPS) is 11.8. The van der Waals surface area contributed by atoms with Crippen LogP contribution < -0.4 is 14.9 Å². The van der Waals surface area contributed by atoms with Crippen LogP contribution in [0.3, 0.4) is 0 Å². The maximum atomic E-state index is 12.5. The number of hydrazone groups is 1. The first-order valence-corrected chi connectivity index (χ1v) is 10.7. The van der Waals surface area contributed by atoms with E-state index in [1.807, 2.05) is 0 Å². The summed E-state index contributed by atoms with van der Waals surface area (Å²) in [5, 5.41) is 19.5. The molecule has 1 amide bonds. The van der Waals surface area contributed by atoms with Crippen molar-refractivity contribution >= 4 is 35.4 Å². The molecule has 35 heavy (non-hydrogen) atoms. The molecule has 1 unspecified atom stereocenters. The summed E-state index contributed by atoms with van der Waals surface area (Å²) < 4.78 is 12.0. The Labute approximate surface area is 205 Å².